The molecule has 0 amide bonds. The molecule has 0 unspecified atom stereocenters. The van der Waals surface area contributed by atoms with Crippen molar-refractivity contribution in [1.29, 1.82) is 0 Å². The average Bonchev–Trinajstić information content (AvgIpc) is 2.73. The maximum absolute atomic E-state index is 6.27. The normalized spacial score (nSPS) is 12.8. The molecular weight excluding hydrogens is 404 g/mol. The van der Waals surface area contributed by atoms with E-state index in [4.69, 9.17) is 4.43 Å². The zero-order valence-corrected chi connectivity index (χ0v) is 24.4. The van der Waals surface area contributed by atoms with Gasteiger partial charge in [-0.15, -0.1) is 0 Å². The van der Waals surface area contributed by atoms with E-state index in [1.807, 2.05) is 0 Å². The van der Waals surface area contributed by atoms with Crippen molar-refractivity contribution < 1.29 is 4.43 Å². The molecule has 0 N–H and O–H groups in total. The fraction of sp³-hybridized carbons (Fsp3) is 0.933. The van der Waals surface area contributed by atoms with E-state index < -0.39 is 8.32 Å². The smallest absolute Gasteiger partial charge is 0.191 e. The van der Waals surface area contributed by atoms with E-state index in [0.29, 0.717) is 5.04 Å². The van der Waals surface area contributed by atoms with Crippen molar-refractivity contribution >= 4 is 8.32 Å². The first kappa shape index (κ1) is 31.9. The van der Waals surface area contributed by atoms with Crippen LogP contribution in [0.5, 0.6) is 0 Å². The molecule has 0 heterocycles. The molecule has 0 atom stereocenters. The Hall–Kier alpha value is -0.0831. The van der Waals surface area contributed by atoms with Crippen LogP contribution in [-0.4, -0.2) is 14.9 Å². The molecular formula is C30H62OSi. The molecule has 0 fully saturated rings. The molecule has 0 aromatic heterocycles. The van der Waals surface area contributed by atoms with Gasteiger partial charge in [0.15, 0.2) is 8.32 Å². The number of allylic oxidation sites excluding steroid dienone is 2. The van der Waals surface area contributed by atoms with Crippen LogP contribution in [0.25, 0.3) is 0 Å². The Kier molecular flexibility index (Phi) is 21.4. The third-order valence-electron chi connectivity index (χ3n) is 7.43. The van der Waals surface area contributed by atoms with Gasteiger partial charge < -0.3 is 4.43 Å². The topological polar surface area (TPSA) is 9.23 Å². The molecule has 0 aromatic rings. The molecule has 0 rings (SSSR count). The Morgan fingerprint density at radius 2 is 0.875 bits per heavy atom. The lowest BCUT2D eigenvalue weighted by atomic mass is 10.0. The van der Waals surface area contributed by atoms with Gasteiger partial charge in [0, 0.05) is 6.61 Å². The zero-order valence-electron chi connectivity index (χ0n) is 23.4. The molecule has 0 aliphatic carbocycles. The van der Waals surface area contributed by atoms with E-state index in [-0.39, 0.29) is 0 Å². The minimum atomic E-state index is -1.53. The molecule has 0 saturated carbocycles. The Morgan fingerprint density at radius 3 is 1.25 bits per heavy atom. The Balaban J connectivity index is 3.22. The summed E-state index contributed by atoms with van der Waals surface area (Å²) in [6, 6.07) is 0. The predicted molar refractivity (Wildman–Crippen MR) is 150 cm³/mol. The van der Waals surface area contributed by atoms with Gasteiger partial charge in [-0.1, -0.05) is 136 Å². The SMILES string of the molecule is CCCCCCCC/C=C\CCCCCCCCCCCCCCO[Si](C)(C)C(C)(C)C. The lowest BCUT2D eigenvalue weighted by Crippen LogP contribution is -2.40. The maximum Gasteiger partial charge on any atom is 0.191 e. The first-order valence-electron chi connectivity index (χ1n) is 14.6. The van der Waals surface area contributed by atoms with E-state index in [2.05, 4.69) is 52.9 Å². The predicted octanol–water partition coefficient (Wildman–Crippen LogP) is 11.4. The van der Waals surface area contributed by atoms with E-state index in [1.54, 1.807) is 0 Å². The van der Waals surface area contributed by atoms with Crippen molar-refractivity contribution in [2.75, 3.05) is 6.61 Å². The van der Waals surface area contributed by atoms with Crippen molar-refractivity contribution in [3.05, 3.63) is 12.2 Å². The first-order valence-corrected chi connectivity index (χ1v) is 17.5. The summed E-state index contributed by atoms with van der Waals surface area (Å²) in [5.41, 5.74) is 0. The number of hydrogen-bond donors (Lipinski definition) is 0. The second-order valence-electron chi connectivity index (χ2n) is 11.7. The molecule has 0 bridgehead atoms. The highest BCUT2D eigenvalue weighted by atomic mass is 28.4. The van der Waals surface area contributed by atoms with Crippen LogP contribution in [-0.2, 0) is 4.43 Å². The maximum atomic E-state index is 6.27. The van der Waals surface area contributed by atoms with Gasteiger partial charge in [0.1, 0.15) is 0 Å². The lowest BCUT2D eigenvalue weighted by molar-refractivity contribution is 0.277. The summed E-state index contributed by atoms with van der Waals surface area (Å²) in [4.78, 5) is 0. The first-order chi connectivity index (χ1) is 15.3. The van der Waals surface area contributed by atoms with E-state index in [9.17, 15) is 0 Å². The molecule has 192 valence electrons. The van der Waals surface area contributed by atoms with Crippen LogP contribution >= 0.6 is 0 Å². The molecule has 32 heavy (non-hydrogen) atoms. The highest BCUT2D eigenvalue weighted by Crippen LogP contribution is 2.36. The van der Waals surface area contributed by atoms with E-state index in [0.717, 1.165) is 6.61 Å². The van der Waals surface area contributed by atoms with Gasteiger partial charge in [-0.2, -0.15) is 0 Å². The minimum absolute atomic E-state index is 0.344. The van der Waals surface area contributed by atoms with Crippen LogP contribution in [0.2, 0.25) is 18.1 Å². The molecule has 1 nitrogen and oxygen atoms in total. The van der Waals surface area contributed by atoms with Gasteiger partial charge >= 0.3 is 0 Å². The van der Waals surface area contributed by atoms with Crippen molar-refractivity contribution in [2.45, 2.75) is 174 Å². The van der Waals surface area contributed by atoms with E-state index in [1.165, 1.54) is 128 Å². The fourth-order valence-corrected chi connectivity index (χ4v) is 5.04. The van der Waals surface area contributed by atoms with Crippen molar-refractivity contribution in [2.24, 2.45) is 0 Å². The minimum Gasteiger partial charge on any atom is -0.417 e. The largest absolute Gasteiger partial charge is 0.417 e. The van der Waals surface area contributed by atoms with Crippen molar-refractivity contribution in [1.82, 2.24) is 0 Å². The van der Waals surface area contributed by atoms with Gasteiger partial charge in [0.25, 0.3) is 0 Å². The molecule has 0 aliphatic rings. The summed E-state index contributed by atoms with van der Waals surface area (Å²) in [6.07, 6.45) is 32.9. The highest BCUT2D eigenvalue weighted by Gasteiger charge is 2.36. The third kappa shape index (κ3) is 20.5. The molecule has 0 radical (unpaired) electrons. The van der Waals surface area contributed by atoms with Gasteiger partial charge in [0.2, 0.25) is 0 Å². The van der Waals surface area contributed by atoms with Crippen LogP contribution in [0, 0.1) is 0 Å². The van der Waals surface area contributed by atoms with Crippen molar-refractivity contribution in [3.63, 3.8) is 0 Å². The summed E-state index contributed by atoms with van der Waals surface area (Å²) in [5.74, 6) is 0. The van der Waals surface area contributed by atoms with Gasteiger partial charge in [-0.3, -0.25) is 0 Å². The Morgan fingerprint density at radius 1 is 0.531 bits per heavy atom. The number of hydrogen-bond acceptors (Lipinski definition) is 1. The van der Waals surface area contributed by atoms with Gasteiger partial charge in [0.05, 0.1) is 0 Å². The molecule has 0 spiro atoms. The average molecular weight is 467 g/mol. The third-order valence-corrected chi connectivity index (χ3v) is 12.0. The van der Waals surface area contributed by atoms with Crippen LogP contribution in [0.4, 0.5) is 0 Å². The number of rotatable bonds is 23. The highest BCUT2D eigenvalue weighted by molar-refractivity contribution is 6.74. The quantitative estimate of drug-likeness (QED) is 0.0826. The molecule has 2 heteroatoms. The summed E-state index contributed by atoms with van der Waals surface area (Å²) >= 11 is 0. The Bertz CT molecular complexity index is 408. The lowest BCUT2D eigenvalue weighted by Gasteiger charge is -2.36. The molecule has 0 aromatic carbocycles. The summed E-state index contributed by atoms with van der Waals surface area (Å²) in [5, 5.41) is 0.344. The molecule has 0 saturated heterocycles. The second-order valence-corrected chi connectivity index (χ2v) is 16.5. The van der Waals surface area contributed by atoms with Crippen molar-refractivity contribution in [3.8, 4) is 0 Å². The fourth-order valence-electron chi connectivity index (χ4n) is 3.95. The number of unbranched alkanes of at least 4 members (excludes halogenated alkanes) is 18. The van der Waals surface area contributed by atoms with Crippen LogP contribution in [0.15, 0.2) is 12.2 Å². The Labute approximate surface area is 205 Å². The van der Waals surface area contributed by atoms with Gasteiger partial charge in [-0.05, 0) is 50.2 Å². The monoisotopic (exact) mass is 466 g/mol. The second kappa shape index (κ2) is 21.5. The summed E-state index contributed by atoms with van der Waals surface area (Å²) in [7, 11) is -1.53. The van der Waals surface area contributed by atoms with Gasteiger partial charge in [-0.25, -0.2) is 0 Å². The molecule has 0 aliphatic heterocycles. The zero-order chi connectivity index (χ0) is 24.0. The van der Waals surface area contributed by atoms with Crippen LogP contribution in [0.1, 0.15) is 156 Å². The summed E-state index contributed by atoms with van der Waals surface area (Å²) in [6.45, 7) is 15.0. The standard InChI is InChI=1S/C30H62OSi/c1-7-8-9-10-11-12-13-14-15-16-17-18-19-20-21-22-23-24-25-26-27-28-29-31-32(5,6)30(2,3)4/h14-15H,7-13,16-29H2,1-6H3/b15-14-. The van der Waals surface area contributed by atoms with Crippen LogP contribution in [0.3, 0.4) is 0 Å². The summed E-state index contributed by atoms with van der Waals surface area (Å²) < 4.78 is 6.27. The van der Waals surface area contributed by atoms with Crippen LogP contribution < -0.4 is 0 Å². The van der Waals surface area contributed by atoms with E-state index >= 15 is 0 Å².